The van der Waals surface area contributed by atoms with Gasteiger partial charge in [-0.05, 0) is 44.6 Å². The number of nitrogens with two attached hydrogens (primary N) is 2. The number of aliphatic hydroxyl groups excluding tert-OH is 1. The lowest BCUT2D eigenvalue weighted by molar-refractivity contribution is -0.142. The van der Waals surface area contributed by atoms with E-state index in [1.54, 1.807) is 0 Å². The Labute approximate surface area is 193 Å². The summed E-state index contributed by atoms with van der Waals surface area (Å²) in [6.07, 6.45) is 2.10. The number of hydrogen-bond acceptors (Lipinski definition) is 7. The molecule has 33 heavy (non-hydrogen) atoms. The largest absolute Gasteiger partial charge is 0.480 e. The summed E-state index contributed by atoms with van der Waals surface area (Å²) in [6, 6.07) is -3.92. The number of aliphatic imine (C=N–C) groups is 1. The zero-order valence-corrected chi connectivity index (χ0v) is 19.2. The maximum Gasteiger partial charge on any atom is 0.326 e. The van der Waals surface area contributed by atoms with Crippen LogP contribution < -0.4 is 32.7 Å². The molecule has 1 aliphatic rings. The van der Waals surface area contributed by atoms with Crippen molar-refractivity contribution in [3.63, 3.8) is 0 Å². The number of carboxylic acid groups (broad SMARTS) is 1. The van der Waals surface area contributed by atoms with Crippen molar-refractivity contribution in [2.75, 3.05) is 19.7 Å². The SMILES string of the molecule is CC(C)CC(NC(=O)C(CO)NC(=O)C1CCCN1)C(=O)NC(CCCN=C(N)N)C(=O)O. The van der Waals surface area contributed by atoms with Gasteiger partial charge in [0.25, 0.3) is 0 Å². The molecule has 13 nitrogen and oxygen atoms in total. The smallest absolute Gasteiger partial charge is 0.326 e. The fourth-order valence-electron chi connectivity index (χ4n) is 3.38. The van der Waals surface area contributed by atoms with Gasteiger partial charge in [0, 0.05) is 6.54 Å². The summed E-state index contributed by atoms with van der Waals surface area (Å²) in [5.41, 5.74) is 10.5. The van der Waals surface area contributed by atoms with Gasteiger partial charge in [0.2, 0.25) is 17.7 Å². The third-order valence-corrected chi connectivity index (χ3v) is 5.09. The van der Waals surface area contributed by atoms with Gasteiger partial charge in [-0.25, -0.2) is 4.79 Å². The van der Waals surface area contributed by atoms with E-state index in [0.29, 0.717) is 19.4 Å². The number of guanidine groups is 1. The standard InChI is InChI=1S/C20H37N7O6/c1-11(2)9-14(17(30)25-13(19(32)33)6-4-8-24-20(21)22)26-18(31)15(10-28)27-16(29)12-5-3-7-23-12/h11-15,23,28H,3-10H2,1-2H3,(H,25,30)(H,26,31)(H,27,29)(H,32,33)(H4,21,22,24). The summed E-state index contributed by atoms with van der Waals surface area (Å²) >= 11 is 0. The van der Waals surface area contributed by atoms with Crippen molar-refractivity contribution in [3.8, 4) is 0 Å². The first-order chi connectivity index (χ1) is 15.5. The van der Waals surface area contributed by atoms with E-state index < -0.39 is 54.5 Å². The maximum absolute atomic E-state index is 12.8. The van der Waals surface area contributed by atoms with Gasteiger partial charge in [-0.3, -0.25) is 19.4 Å². The molecule has 1 saturated heterocycles. The molecular formula is C20H37N7O6. The number of carbonyl (C=O) groups is 4. The van der Waals surface area contributed by atoms with Crippen molar-refractivity contribution in [1.29, 1.82) is 0 Å². The first-order valence-corrected chi connectivity index (χ1v) is 11.1. The molecule has 10 N–H and O–H groups in total. The minimum absolute atomic E-state index is 0.00366. The van der Waals surface area contributed by atoms with Gasteiger partial charge in [0.1, 0.15) is 18.1 Å². The van der Waals surface area contributed by atoms with Gasteiger partial charge in [-0.1, -0.05) is 13.8 Å². The molecule has 0 aliphatic carbocycles. The summed E-state index contributed by atoms with van der Waals surface area (Å²) < 4.78 is 0. The number of aliphatic hydroxyl groups is 1. The van der Waals surface area contributed by atoms with Crippen LogP contribution in [-0.2, 0) is 19.2 Å². The molecule has 1 aliphatic heterocycles. The topological polar surface area (TPSA) is 221 Å². The Balaban J connectivity index is 2.77. The van der Waals surface area contributed by atoms with Crippen molar-refractivity contribution in [2.24, 2.45) is 22.4 Å². The fourth-order valence-corrected chi connectivity index (χ4v) is 3.38. The summed E-state index contributed by atoms with van der Waals surface area (Å²) in [6.45, 7) is 3.94. The van der Waals surface area contributed by atoms with E-state index in [-0.39, 0.29) is 31.3 Å². The highest BCUT2D eigenvalue weighted by Crippen LogP contribution is 2.08. The molecule has 4 atom stereocenters. The molecule has 4 unspecified atom stereocenters. The lowest BCUT2D eigenvalue weighted by Crippen LogP contribution is -2.58. The van der Waals surface area contributed by atoms with Gasteiger partial charge in [-0.15, -0.1) is 0 Å². The minimum atomic E-state index is -1.24. The molecule has 3 amide bonds. The second-order valence-corrected chi connectivity index (χ2v) is 8.43. The Hall–Kier alpha value is -2.93. The summed E-state index contributed by atoms with van der Waals surface area (Å²) in [5.74, 6) is -3.16. The van der Waals surface area contributed by atoms with Gasteiger partial charge >= 0.3 is 5.97 Å². The van der Waals surface area contributed by atoms with Crippen molar-refractivity contribution in [1.82, 2.24) is 21.3 Å². The normalized spacial score (nSPS) is 18.1. The van der Waals surface area contributed by atoms with Crippen LogP contribution in [0.4, 0.5) is 0 Å². The highest BCUT2D eigenvalue weighted by atomic mass is 16.4. The van der Waals surface area contributed by atoms with E-state index in [4.69, 9.17) is 11.5 Å². The summed E-state index contributed by atoms with van der Waals surface area (Å²) in [5, 5.41) is 29.5. The van der Waals surface area contributed by atoms with Crippen molar-refractivity contribution < 1.29 is 29.4 Å². The van der Waals surface area contributed by atoms with E-state index in [1.807, 2.05) is 13.8 Å². The lowest BCUT2D eigenvalue weighted by Gasteiger charge is -2.25. The minimum Gasteiger partial charge on any atom is -0.480 e. The highest BCUT2D eigenvalue weighted by Gasteiger charge is 2.31. The predicted molar refractivity (Wildman–Crippen MR) is 121 cm³/mol. The molecule has 0 bridgehead atoms. The molecule has 0 aromatic heterocycles. The Morgan fingerprint density at radius 2 is 1.70 bits per heavy atom. The number of carbonyl (C=O) groups excluding carboxylic acids is 3. The monoisotopic (exact) mass is 471 g/mol. The molecule has 0 aromatic carbocycles. The Morgan fingerprint density at radius 3 is 2.21 bits per heavy atom. The highest BCUT2D eigenvalue weighted by molar-refractivity contribution is 5.94. The Morgan fingerprint density at radius 1 is 1.06 bits per heavy atom. The van der Waals surface area contributed by atoms with E-state index in [9.17, 15) is 29.4 Å². The number of amides is 3. The van der Waals surface area contributed by atoms with E-state index in [1.165, 1.54) is 0 Å². The summed E-state index contributed by atoms with van der Waals surface area (Å²) in [4.78, 5) is 53.1. The van der Waals surface area contributed by atoms with Crippen molar-refractivity contribution in [3.05, 3.63) is 0 Å². The van der Waals surface area contributed by atoms with Crippen LogP contribution >= 0.6 is 0 Å². The molecule has 0 spiro atoms. The van der Waals surface area contributed by atoms with Crippen LogP contribution in [0.5, 0.6) is 0 Å². The third-order valence-electron chi connectivity index (χ3n) is 5.09. The molecule has 1 rings (SSSR count). The Bertz CT molecular complexity index is 705. The number of rotatable bonds is 14. The van der Waals surface area contributed by atoms with Crippen LogP contribution in [0.2, 0.25) is 0 Å². The number of nitrogens with one attached hydrogen (secondary N) is 4. The molecule has 0 aromatic rings. The maximum atomic E-state index is 12.8. The molecule has 0 saturated carbocycles. The molecule has 0 radical (unpaired) electrons. The number of hydrogen-bond donors (Lipinski definition) is 8. The zero-order valence-electron chi connectivity index (χ0n) is 19.2. The second kappa shape index (κ2) is 14.3. The number of aliphatic carboxylic acids is 1. The quantitative estimate of drug-likeness (QED) is 0.0752. The average Bonchev–Trinajstić information content (AvgIpc) is 3.27. The van der Waals surface area contributed by atoms with Crippen LogP contribution in [0.3, 0.4) is 0 Å². The van der Waals surface area contributed by atoms with E-state index in [2.05, 4.69) is 26.3 Å². The van der Waals surface area contributed by atoms with Gasteiger partial charge in [-0.2, -0.15) is 0 Å². The van der Waals surface area contributed by atoms with Crippen molar-refractivity contribution >= 4 is 29.7 Å². The molecule has 1 fully saturated rings. The average molecular weight is 472 g/mol. The van der Waals surface area contributed by atoms with Crippen LogP contribution in [0.25, 0.3) is 0 Å². The fraction of sp³-hybridized carbons (Fsp3) is 0.750. The number of carboxylic acids is 1. The molecule has 188 valence electrons. The first kappa shape index (κ1) is 28.1. The van der Waals surface area contributed by atoms with Crippen LogP contribution in [0.15, 0.2) is 4.99 Å². The second-order valence-electron chi connectivity index (χ2n) is 8.43. The van der Waals surface area contributed by atoms with Crippen LogP contribution in [0.1, 0.15) is 46.0 Å². The van der Waals surface area contributed by atoms with E-state index >= 15 is 0 Å². The molecular weight excluding hydrogens is 434 g/mol. The zero-order chi connectivity index (χ0) is 25.0. The van der Waals surface area contributed by atoms with Gasteiger partial charge in [0.15, 0.2) is 5.96 Å². The Kier molecular flexibility index (Phi) is 12.1. The molecule has 1 heterocycles. The molecule has 13 heteroatoms. The predicted octanol–water partition coefficient (Wildman–Crippen LogP) is -2.63. The van der Waals surface area contributed by atoms with Gasteiger partial charge < -0.3 is 42.9 Å². The van der Waals surface area contributed by atoms with Gasteiger partial charge in [0.05, 0.1) is 12.6 Å². The van der Waals surface area contributed by atoms with Crippen molar-refractivity contribution in [2.45, 2.75) is 70.1 Å². The lowest BCUT2D eigenvalue weighted by atomic mass is 10.0. The third kappa shape index (κ3) is 10.5. The van der Waals surface area contributed by atoms with Crippen LogP contribution in [0, 0.1) is 5.92 Å². The van der Waals surface area contributed by atoms with Crippen LogP contribution in [-0.4, -0.2) is 83.7 Å². The summed E-state index contributed by atoms with van der Waals surface area (Å²) in [7, 11) is 0. The number of nitrogens with zero attached hydrogens (tertiary/aromatic N) is 1. The van der Waals surface area contributed by atoms with E-state index in [0.717, 1.165) is 6.42 Å². The first-order valence-electron chi connectivity index (χ1n) is 11.1.